The first-order chi connectivity index (χ1) is 47.4. The van der Waals surface area contributed by atoms with Gasteiger partial charge in [0.1, 0.15) is 46.0 Å². The maximum atomic E-state index is 7.17. The quantitative estimate of drug-likeness (QED) is 0.0288. The Morgan fingerprint density at radius 2 is 0.505 bits per heavy atom. The first-order valence-electron chi connectivity index (χ1n) is 35.6. The largest absolute Gasteiger partial charge is 2.00 e. The van der Waals surface area contributed by atoms with Gasteiger partial charge in [0.15, 0.2) is 0 Å². The molecule has 2 aliphatic heterocycles. The summed E-state index contributed by atoms with van der Waals surface area (Å²) in [5, 5.41) is 9.64. The Labute approximate surface area is 582 Å². The molecule has 506 valence electrons. The van der Waals surface area contributed by atoms with Gasteiger partial charge in [-0.25, -0.2) is 9.97 Å². The maximum Gasteiger partial charge on any atom is 2.00 e. The van der Waals surface area contributed by atoms with Gasteiger partial charge in [-0.05, 0) is 68.6 Å². The third-order valence-electron chi connectivity index (χ3n) is 18.1. The van der Waals surface area contributed by atoms with Crippen LogP contribution in [0.15, 0.2) is 103 Å². The van der Waals surface area contributed by atoms with Gasteiger partial charge >= 0.3 is 20.4 Å². The number of benzene rings is 8. The molecule has 0 radical (unpaired) electrons. The second-order valence-electron chi connectivity index (χ2n) is 25.1. The van der Waals surface area contributed by atoms with E-state index in [0.717, 1.165) is 157 Å². The second kappa shape index (κ2) is 31.7. The average Bonchev–Trinajstić information content (AvgIpc) is 1.57. The summed E-state index contributed by atoms with van der Waals surface area (Å²) >= 11 is 0. The first kappa shape index (κ1) is 68.2. The van der Waals surface area contributed by atoms with E-state index in [-0.39, 0.29) is 20.4 Å². The van der Waals surface area contributed by atoms with Crippen LogP contribution in [0.5, 0.6) is 46.0 Å². The summed E-state index contributed by atoms with van der Waals surface area (Å²) in [7, 11) is 0. The third-order valence-corrected chi connectivity index (χ3v) is 18.1. The second-order valence-corrected chi connectivity index (χ2v) is 25.1. The van der Waals surface area contributed by atoms with Gasteiger partial charge in [0.05, 0.1) is 98.3 Å². The molecule has 2 aliphatic rings. The van der Waals surface area contributed by atoms with Gasteiger partial charge < -0.3 is 62.8 Å². The number of unbranched alkanes of at least 4 members (excludes halogenated alkanes) is 8. The molecule has 97 heavy (non-hydrogen) atoms. The Kier molecular flexibility index (Phi) is 22.3. The Morgan fingerprint density at radius 1 is 0.268 bits per heavy atom. The fourth-order valence-electron chi connectivity index (χ4n) is 13.0. The van der Waals surface area contributed by atoms with Crippen molar-refractivity contribution in [3.8, 4) is 91.4 Å². The van der Waals surface area contributed by atoms with Crippen molar-refractivity contribution in [3.05, 3.63) is 103 Å². The van der Waals surface area contributed by atoms with E-state index >= 15 is 0 Å². The van der Waals surface area contributed by atoms with Gasteiger partial charge in [-0.3, -0.25) is 0 Å². The number of aromatic nitrogens is 7. The zero-order chi connectivity index (χ0) is 66.1. The molecule has 16 heteroatoms. The molecule has 0 unspecified atom stereocenters. The summed E-state index contributed by atoms with van der Waals surface area (Å²) in [5.41, 5.74) is 4.80. The fourth-order valence-corrected chi connectivity index (χ4v) is 13.0. The van der Waals surface area contributed by atoms with Gasteiger partial charge in [0.2, 0.25) is 0 Å². The van der Waals surface area contributed by atoms with Gasteiger partial charge in [0.25, 0.3) is 0 Å². The van der Waals surface area contributed by atoms with Crippen molar-refractivity contribution in [2.45, 2.75) is 158 Å². The minimum absolute atomic E-state index is 0. The van der Waals surface area contributed by atoms with Crippen molar-refractivity contribution in [2.75, 3.05) is 52.9 Å². The van der Waals surface area contributed by atoms with E-state index in [1.165, 1.54) is 0 Å². The molecule has 3 aromatic heterocycles. The van der Waals surface area contributed by atoms with E-state index in [0.29, 0.717) is 177 Å². The standard InChI is InChI=1S/C81H89N7O8.Pd/c1-9-17-41-89-68-50-33-25-27-35-52(50)70(91-43-19-11-3)62-60(68)58-49-59-61-63(71(92-44-20-12-4)53-36-28-26-34-51(53)69(61)90-42-18-10-2)77(83-59)85-79-65-67(75(96-48-24-16-8)57-40-32-30-38-55(57)73(65)94-46-22-14-6)81(87-79)88-80-66-64(78(86-80)84-76(62)82-58)72(93-45-21-13-5)54-37-29-31-39-56(54)74(66)95-47-23-15-7;/h25-40,49H,9-24,41-48H2,1-8H3;/q-2;+2. The van der Waals surface area contributed by atoms with Gasteiger partial charge in [-0.15, -0.1) is 0 Å². The summed E-state index contributed by atoms with van der Waals surface area (Å²) in [6, 6.07) is 35.3. The fraction of sp³-hybridized carbons (Fsp3) is 0.395. The number of rotatable bonds is 32. The number of hydrogen-bond donors (Lipinski definition) is 0. The van der Waals surface area contributed by atoms with Crippen LogP contribution in [0.1, 0.15) is 158 Å². The van der Waals surface area contributed by atoms with Crippen LogP contribution < -0.4 is 47.9 Å². The SMILES string of the molecule is CCCCOc1c2c(c(OCCCC)c3ccccc13)-c1nc-2cc2[n-]c(nc3nc(nc4[n-]c(n1)c1c(OCCCC)c5ccccc5c(OCCCC)c41)-c1c-3c(OCCCC)c3ccccc3c1OCCCC)c1c(OCCCC)c3ccccc3c(OCCCC)c21.[Pd+2]. The Morgan fingerprint density at radius 3 is 0.814 bits per heavy atom. The molecule has 0 N–H and O–H groups in total. The predicted octanol–water partition coefficient (Wildman–Crippen LogP) is 20.8. The van der Waals surface area contributed by atoms with Crippen LogP contribution in [0.25, 0.3) is 133 Å². The molecule has 0 atom stereocenters. The summed E-state index contributed by atoms with van der Waals surface area (Å²) in [4.78, 5) is 40.3. The first-order valence-corrected chi connectivity index (χ1v) is 35.6. The van der Waals surface area contributed by atoms with Crippen molar-refractivity contribution >= 4 is 87.1 Å². The molecule has 0 aliphatic carbocycles. The molecule has 8 bridgehead atoms. The maximum absolute atomic E-state index is 7.17. The van der Waals surface area contributed by atoms with Gasteiger partial charge in [0, 0.05) is 75.9 Å². The molecule has 0 saturated heterocycles. The molecule has 0 spiro atoms. The molecular weight excluding hydrogens is 1310 g/mol. The molecule has 0 fully saturated rings. The van der Waals surface area contributed by atoms with Crippen molar-refractivity contribution < 1.29 is 58.3 Å². The predicted molar refractivity (Wildman–Crippen MR) is 389 cm³/mol. The molecule has 5 heterocycles. The average molecular weight is 1400 g/mol. The van der Waals surface area contributed by atoms with Crippen LogP contribution in [0.4, 0.5) is 0 Å². The Hall–Kier alpha value is -8.71. The van der Waals surface area contributed by atoms with Crippen LogP contribution in [-0.4, -0.2) is 77.8 Å². The topological polar surface area (TPSA) is 166 Å². The molecular formula is C81H89N7O8Pd. The monoisotopic (exact) mass is 1390 g/mol. The zero-order valence-corrected chi connectivity index (χ0v) is 59.1. The number of nitrogens with zero attached hydrogens (tertiary/aromatic N) is 7. The minimum atomic E-state index is 0. The van der Waals surface area contributed by atoms with Crippen molar-refractivity contribution in [1.82, 2.24) is 34.9 Å². The minimum Gasteiger partial charge on any atom is -0.492 e. The van der Waals surface area contributed by atoms with E-state index in [2.05, 4.69) is 134 Å². The molecule has 11 aromatic rings. The van der Waals surface area contributed by atoms with Gasteiger partial charge in [-0.2, -0.15) is 0 Å². The molecule has 0 saturated carbocycles. The summed E-state index contributed by atoms with van der Waals surface area (Å²) in [6.07, 6.45) is 14.0. The van der Waals surface area contributed by atoms with Crippen molar-refractivity contribution in [1.29, 1.82) is 0 Å². The molecule has 15 nitrogen and oxygen atoms in total. The smallest absolute Gasteiger partial charge is 0.492 e. The summed E-state index contributed by atoms with van der Waals surface area (Å²) in [6.45, 7) is 21.0. The zero-order valence-electron chi connectivity index (χ0n) is 57.5. The Balaban J connectivity index is 0.00000897. The number of ether oxygens (including phenoxy) is 8. The van der Waals surface area contributed by atoms with E-state index in [1.807, 2.05) is 24.3 Å². The van der Waals surface area contributed by atoms with E-state index in [1.54, 1.807) is 0 Å². The van der Waals surface area contributed by atoms with Crippen LogP contribution in [0, 0.1) is 0 Å². The van der Waals surface area contributed by atoms with E-state index in [4.69, 9.17) is 72.8 Å². The van der Waals surface area contributed by atoms with E-state index < -0.39 is 0 Å². The van der Waals surface area contributed by atoms with Crippen LogP contribution >= 0.6 is 0 Å². The molecule has 13 rings (SSSR count). The van der Waals surface area contributed by atoms with Crippen LogP contribution in [0.3, 0.4) is 0 Å². The number of fused-ring (bicyclic) bond motifs is 24. The normalized spacial score (nSPS) is 11.8. The summed E-state index contributed by atoms with van der Waals surface area (Å²) in [5.74, 6) is 6.13. The van der Waals surface area contributed by atoms with E-state index in [9.17, 15) is 0 Å². The summed E-state index contributed by atoms with van der Waals surface area (Å²) < 4.78 is 57.2. The van der Waals surface area contributed by atoms with Crippen molar-refractivity contribution in [2.24, 2.45) is 0 Å². The Bertz CT molecular complexity index is 4240. The molecule has 0 amide bonds. The number of hydrogen-bond acceptors (Lipinski definition) is 13. The van der Waals surface area contributed by atoms with Gasteiger partial charge in [-0.1, -0.05) is 204 Å². The molecule has 8 aromatic carbocycles. The van der Waals surface area contributed by atoms with Crippen molar-refractivity contribution in [3.63, 3.8) is 0 Å². The third kappa shape index (κ3) is 13.2. The van der Waals surface area contributed by atoms with Crippen LogP contribution in [0.2, 0.25) is 0 Å². The van der Waals surface area contributed by atoms with Crippen LogP contribution in [-0.2, 0) is 20.4 Å².